The number of benzene rings is 3. The molecule has 0 fully saturated rings. The Labute approximate surface area is 179 Å². The van der Waals surface area contributed by atoms with Crippen LogP contribution in [0.4, 0.5) is 0 Å². The second kappa shape index (κ2) is 9.26. The number of aromatic nitrogens is 2. The molecule has 0 bridgehead atoms. The van der Waals surface area contributed by atoms with Gasteiger partial charge in [0.2, 0.25) is 0 Å². The molecule has 1 aromatic heterocycles. The summed E-state index contributed by atoms with van der Waals surface area (Å²) in [5.41, 5.74) is 1.79. The molecule has 156 valence electrons. The van der Waals surface area contributed by atoms with E-state index in [-0.39, 0.29) is 31.0 Å². The fourth-order valence-electron chi connectivity index (χ4n) is 3.32. The molecule has 0 aliphatic carbocycles. The second-order valence-electron chi connectivity index (χ2n) is 7.09. The van der Waals surface area contributed by atoms with Crippen LogP contribution in [0.5, 0.6) is 5.75 Å². The zero-order chi connectivity index (χ0) is 21.6. The van der Waals surface area contributed by atoms with Gasteiger partial charge in [0.1, 0.15) is 19.0 Å². The van der Waals surface area contributed by atoms with Crippen molar-refractivity contribution in [1.82, 2.24) is 9.78 Å². The van der Waals surface area contributed by atoms with Crippen molar-refractivity contribution in [2.45, 2.75) is 13.5 Å². The van der Waals surface area contributed by atoms with E-state index in [0.717, 1.165) is 16.9 Å². The van der Waals surface area contributed by atoms with E-state index in [2.05, 4.69) is 5.10 Å². The average Bonchev–Trinajstić information content (AvgIpc) is 2.80. The summed E-state index contributed by atoms with van der Waals surface area (Å²) in [6.07, 6.45) is 0. The minimum absolute atomic E-state index is 0.0704. The van der Waals surface area contributed by atoms with Crippen LogP contribution in [0.15, 0.2) is 83.7 Å². The van der Waals surface area contributed by atoms with Crippen molar-refractivity contribution in [1.29, 1.82) is 0 Å². The van der Waals surface area contributed by atoms with E-state index in [0.29, 0.717) is 10.8 Å². The first-order chi connectivity index (χ1) is 15.1. The van der Waals surface area contributed by atoms with Crippen LogP contribution in [-0.4, -0.2) is 29.0 Å². The van der Waals surface area contributed by atoms with Crippen LogP contribution < -0.4 is 10.3 Å². The van der Waals surface area contributed by atoms with Gasteiger partial charge in [0, 0.05) is 5.39 Å². The number of hydrogen-bond acceptors (Lipinski definition) is 5. The zero-order valence-corrected chi connectivity index (χ0v) is 17.2. The van der Waals surface area contributed by atoms with Gasteiger partial charge in [-0.05, 0) is 30.2 Å². The van der Waals surface area contributed by atoms with Crippen molar-refractivity contribution >= 4 is 16.7 Å². The Morgan fingerprint density at radius 2 is 1.55 bits per heavy atom. The Morgan fingerprint density at radius 3 is 2.32 bits per heavy atom. The third-order valence-electron chi connectivity index (χ3n) is 4.90. The molecule has 0 saturated carbocycles. The highest BCUT2D eigenvalue weighted by molar-refractivity contribution is 6.02. The molecular weight excluding hydrogens is 392 g/mol. The maximum Gasteiger partial charge on any atom is 0.359 e. The minimum atomic E-state index is -0.591. The van der Waals surface area contributed by atoms with Crippen LogP contribution in [0.25, 0.3) is 10.8 Å². The number of esters is 1. The molecule has 6 nitrogen and oxygen atoms in total. The highest BCUT2D eigenvalue weighted by Crippen LogP contribution is 2.17. The molecule has 4 aromatic rings. The topological polar surface area (TPSA) is 70.4 Å². The molecule has 0 spiro atoms. The van der Waals surface area contributed by atoms with Crippen molar-refractivity contribution in [3.8, 4) is 5.75 Å². The van der Waals surface area contributed by atoms with E-state index in [1.807, 2.05) is 61.5 Å². The summed E-state index contributed by atoms with van der Waals surface area (Å²) in [5.74, 6) is 0.157. The summed E-state index contributed by atoms with van der Waals surface area (Å²) >= 11 is 0. The Kier molecular flexibility index (Phi) is 6.08. The van der Waals surface area contributed by atoms with Crippen LogP contribution in [0.1, 0.15) is 21.6 Å². The summed E-state index contributed by atoms with van der Waals surface area (Å²) in [5, 5.41) is 5.24. The van der Waals surface area contributed by atoms with E-state index >= 15 is 0 Å². The van der Waals surface area contributed by atoms with Gasteiger partial charge in [-0.1, -0.05) is 66.7 Å². The van der Waals surface area contributed by atoms with Crippen LogP contribution in [0.3, 0.4) is 0 Å². The number of aryl methyl sites for hydroxylation is 1. The Morgan fingerprint density at radius 1 is 0.871 bits per heavy atom. The Balaban J connectivity index is 1.54. The number of nitrogens with zero attached hydrogens (tertiary/aromatic N) is 2. The molecule has 0 radical (unpaired) electrons. The lowest BCUT2D eigenvalue weighted by molar-refractivity contribution is 0.0443. The van der Waals surface area contributed by atoms with Gasteiger partial charge in [0.15, 0.2) is 5.69 Å². The first-order valence-electron chi connectivity index (χ1n) is 10.0. The Bertz CT molecular complexity index is 1270. The quantitative estimate of drug-likeness (QED) is 0.338. The van der Waals surface area contributed by atoms with Gasteiger partial charge >= 0.3 is 5.97 Å². The number of carbonyl (C=O) groups is 1. The molecule has 31 heavy (non-hydrogen) atoms. The monoisotopic (exact) mass is 414 g/mol. The van der Waals surface area contributed by atoms with Crippen molar-refractivity contribution in [3.63, 3.8) is 0 Å². The van der Waals surface area contributed by atoms with Crippen LogP contribution in [-0.2, 0) is 11.3 Å². The van der Waals surface area contributed by atoms with E-state index in [4.69, 9.17) is 9.47 Å². The van der Waals surface area contributed by atoms with E-state index in [1.165, 1.54) is 4.68 Å². The number of carbonyl (C=O) groups excluding carboxylic acids is 1. The lowest BCUT2D eigenvalue weighted by atomic mass is 10.1. The lowest BCUT2D eigenvalue weighted by Gasteiger charge is -2.12. The number of hydrogen-bond donors (Lipinski definition) is 0. The normalized spacial score (nSPS) is 10.7. The van der Waals surface area contributed by atoms with Gasteiger partial charge in [-0.25, -0.2) is 9.48 Å². The third kappa shape index (κ3) is 4.64. The van der Waals surface area contributed by atoms with E-state index in [9.17, 15) is 9.59 Å². The predicted octanol–water partition coefficient (Wildman–Crippen LogP) is 3.99. The van der Waals surface area contributed by atoms with E-state index < -0.39 is 5.97 Å². The SMILES string of the molecule is Cc1ccccc1OCCOC(=O)c1nn(Cc2ccccc2)c(=O)c2ccccc12. The van der Waals surface area contributed by atoms with Crippen molar-refractivity contribution in [2.75, 3.05) is 13.2 Å². The zero-order valence-electron chi connectivity index (χ0n) is 17.2. The number of para-hydroxylation sites is 1. The molecule has 4 rings (SSSR count). The van der Waals surface area contributed by atoms with Gasteiger partial charge in [0.25, 0.3) is 5.56 Å². The molecule has 3 aromatic carbocycles. The van der Waals surface area contributed by atoms with Gasteiger partial charge in [-0.15, -0.1) is 0 Å². The number of rotatable bonds is 7. The highest BCUT2D eigenvalue weighted by Gasteiger charge is 2.18. The largest absolute Gasteiger partial charge is 0.490 e. The lowest BCUT2D eigenvalue weighted by Crippen LogP contribution is -2.27. The highest BCUT2D eigenvalue weighted by atomic mass is 16.6. The molecule has 0 aliphatic heterocycles. The summed E-state index contributed by atoms with van der Waals surface area (Å²) in [4.78, 5) is 25.7. The summed E-state index contributed by atoms with van der Waals surface area (Å²) in [7, 11) is 0. The van der Waals surface area contributed by atoms with Crippen molar-refractivity contribution < 1.29 is 14.3 Å². The smallest absolute Gasteiger partial charge is 0.359 e. The molecule has 0 unspecified atom stereocenters. The molecule has 0 N–H and O–H groups in total. The first kappa shape index (κ1) is 20.3. The molecule has 0 amide bonds. The molecular formula is C25H22N2O4. The molecule has 0 saturated heterocycles. The van der Waals surface area contributed by atoms with Gasteiger partial charge < -0.3 is 9.47 Å². The molecule has 0 aliphatic rings. The van der Waals surface area contributed by atoms with Crippen LogP contribution >= 0.6 is 0 Å². The minimum Gasteiger partial charge on any atom is -0.490 e. The third-order valence-corrected chi connectivity index (χ3v) is 4.90. The maximum absolute atomic E-state index is 12.9. The first-order valence-corrected chi connectivity index (χ1v) is 10.0. The molecule has 1 heterocycles. The van der Waals surface area contributed by atoms with E-state index in [1.54, 1.807) is 24.3 Å². The predicted molar refractivity (Wildman–Crippen MR) is 119 cm³/mol. The number of fused-ring (bicyclic) bond motifs is 1. The molecule has 6 heteroatoms. The van der Waals surface area contributed by atoms with Gasteiger partial charge in [0.05, 0.1) is 11.9 Å². The molecule has 0 atom stereocenters. The van der Waals surface area contributed by atoms with Crippen molar-refractivity contribution in [2.24, 2.45) is 0 Å². The standard InChI is InChI=1S/C25H22N2O4/c1-18-9-5-8-14-22(18)30-15-16-31-25(29)23-20-12-6-7-13-21(20)24(28)27(26-23)17-19-10-3-2-4-11-19/h2-14H,15-17H2,1H3. The van der Waals surface area contributed by atoms with Crippen LogP contribution in [0, 0.1) is 6.92 Å². The maximum atomic E-state index is 12.9. The summed E-state index contributed by atoms with van der Waals surface area (Å²) in [6, 6.07) is 24.1. The summed E-state index contributed by atoms with van der Waals surface area (Å²) < 4.78 is 12.4. The summed E-state index contributed by atoms with van der Waals surface area (Å²) in [6.45, 7) is 2.51. The van der Waals surface area contributed by atoms with Crippen LogP contribution in [0.2, 0.25) is 0 Å². The Hall–Kier alpha value is -3.93. The fourth-order valence-corrected chi connectivity index (χ4v) is 3.32. The second-order valence-corrected chi connectivity index (χ2v) is 7.09. The van der Waals surface area contributed by atoms with Crippen molar-refractivity contribution in [3.05, 3.63) is 106 Å². The fraction of sp³-hybridized carbons (Fsp3) is 0.160. The van der Waals surface area contributed by atoms with Gasteiger partial charge in [-0.2, -0.15) is 5.10 Å². The number of ether oxygens (including phenoxy) is 2. The average molecular weight is 414 g/mol. The van der Waals surface area contributed by atoms with Gasteiger partial charge in [-0.3, -0.25) is 4.79 Å².